The van der Waals surface area contributed by atoms with Gasteiger partial charge < -0.3 is 0 Å². The first-order chi connectivity index (χ1) is 14.6. The Labute approximate surface area is 177 Å². The predicted molar refractivity (Wildman–Crippen MR) is 121 cm³/mol. The third kappa shape index (κ3) is 2.72. The van der Waals surface area contributed by atoms with E-state index in [4.69, 9.17) is 26.6 Å². The van der Waals surface area contributed by atoms with E-state index < -0.39 is 0 Å². The average molecular weight is 416 g/mol. The molecule has 30 heavy (non-hydrogen) atoms. The summed E-state index contributed by atoms with van der Waals surface area (Å²) in [5.74, 6) is 0.690. The van der Waals surface area contributed by atoms with Crippen molar-refractivity contribution in [3.63, 3.8) is 0 Å². The molecule has 0 spiro atoms. The minimum absolute atomic E-state index is 0.140. The predicted octanol–water partition coefficient (Wildman–Crippen LogP) is 4.69. The molecule has 6 nitrogen and oxygen atoms in total. The van der Waals surface area contributed by atoms with Crippen molar-refractivity contribution in [2.45, 2.75) is 19.9 Å². The molecule has 0 aliphatic carbocycles. The van der Waals surface area contributed by atoms with Crippen molar-refractivity contribution in [2.75, 3.05) is 0 Å². The maximum atomic E-state index is 13.5. The van der Waals surface area contributed by atoms with E-state index in [1.807, 2.05) is 60.0 Å². The molecule has 0 aliphatic heterocycles. The van der Waals surface area contributed by atoms with Crippen molar-refractivity contribution >= 4 is 44.8 Å². The number of nitrogens with zero attached hydrogens (tertiary/aromatic N) is 5. The van der Waals surface area contributed by atoms with E-state index in [-0.39, 0.29) is 5.56 Å². The average Bonchev–Trinajstić information content (AvgIpc) is 3.07. The first-order valence-corrected chi connectivity index (χ1v) is 10.1. The standard InChI is InChI=1S/C23H18ClN5O/c1-3-13-28-18(4-2)27-21-19(23(28)30)20-22(26-17-8-6-5-7-16(17)25-20)29(21)15-11-9-14(24)10-12-15/h3,5-12H,1,4,13H2,2H3. The summed E-state index contributed by atoms with van der Waals surface area (Å²) in [7, 11) is 0. The monoisotopic (exact) mass is 415 g/mol. The van der Waals surface area contributed by atoms with E-state index in [2.05, 4.69) is 6.58 Å². The molecule has 5 aromatic rings. The Morgan fingerprint density at radius 3 is 2.37 bits per heavy atom. The molecule has 0 radical (unpaired) electrons. The number of benzene rings is 2. The van der Waals surface area contributed by atoms with Crippen LogP contribution in [0.5, 0.6) is 0 Å². The lowest BCUT2D eigenvalue weighted by Gasteiger charge is -2.10. The highest BCUT2D eigenvalue weighted by molar-refractivity contribution is 6.30. The number of allylic oxidation sites excluding steroid dienone is 1. The van der Waals surface area contributed by atoms with E-state index >= 15 is 0 Å². The summed E-state index contributed by atoms with van der Waals surface area (Å²) in [6.07, 6.45) is 2.32. The van der Waals surface area contributed by atoms with E-state index in [9.17, 15) is 4.79 Å². The van der Waals surface area contributed by atoms with Crippen LogP contribution in [0, 0.1) is 0 Å². The Kier molecular flexibility index (Phi) is 4.37. The maximum absolute atomic E-state index is 13.5. The van der Waals surface area contributed by atoms with Gasteiger partial charge in [-0.3, -0.25) is 13.9 Å². The molecule has 148 valence electrons. The number of para-hydroxylation sites is 2. The molecular formula is C23H18ClN5O. The minimum atomic E-state index is -0.140. The molecule has 0 saturated carbocycles. The first-order valence-electron chi connectivity index (χ1n) is 9.69. The summed E-state index contributed by atoms with van der Waals surface area (Å²) in [6, 6.07) is 15.0. The Morgan fingerprint density at radius 1 is 1.00 bits per heavy atom. The SMILES string of the molecule is C=CCn1c(CC)nc2c(c1=O)c1nc3ccccc3nc1n2-c1ccc(Cl)cc1. The number of aryl methyl sites for hydroxylation is 1. The first kappa shape index (κ1) is 18.5. The van der Waals surface area contributed by atoms with Crippen LogP contribution in [0.2, 0.25) is 5.02 Å². The zero-order chi connectivity index (χ0) is 20.8. The number of aromatic nitrogens is 5. The number of rotatable bonds is 4. The Hall–Kier alpha value is -3.51. The van der Waals surface area contributed by atoms with Crippen LogP contribution in [-0.4, -0.2) is 24.1 Å². The third-order valence-corrected chi connectivity index (χ3v) is 5.41. The van der Waals surface area contributed by atoms with Crippen LogP contribution in [0.4, 0.5) is 0 Å². The molecule has 0 bridgehead atoms. The zero-order valence-corrected chi connectivity index (χ0v) is 17.1. The molecule has 0 atom stereocenters. The summed E-state index contributed by atoms with van der Waals surface area (Å²) >= 11 is 6.10. The fraction of sp³-hybridized carbons (Fsp3) is 0.130. The molecule has 0 N–H and O–H groups in total. The fourth-order valence-corrected chi connectivity index (χ4v) is 3.92. The third-order valence-electron chi connectivity index (χ3n) is 5.15. The number of halogens is 1. The summed E-state index contributed by atoms with van der Waals surface area (Å²) in [5, 5.41) is 1.09. The van der Waals surface area contributed by atoms with Crippen molar-refractivity contribution in [3.8, 4) is 5.69 Å². The van der Waals surface area contributed by atoms with Crippen LogP contribution in [0.1, 0.15) is 12.7 Å². The largest absolute Gasteiger partial charge is 0.292 e. The second kappa shape index (κ2) is 7.07. The van der Waals surface area contributed by atoms with Crippen LogP contribution in [0.3, 0.4) is 0 Å². The van der Waals surface area contributed by atoms with Gasteiger partial charge >= 0.3 is 0 Å². The highest BCUT2D eigenvalue weighted by Crippen LogP contribution is 2.29. The summed E-state index contributed by atoms with van der Waals surface area (Å²) in [6.45, 7) is 6.15. The molecule has 0 fully saturated rings. The van der Waals surface area contributed by atoms with E-state index in [0.29, 0.717) is 46.0 Å². The topological polar surface area (TPSA) is 65.6 Å². The molecule has 3 aromatic heterocycles. The number of fused-ring (bicyclic) bond motifs is 4. The highest BCUT2D eigenvalue weighted by Gasteiger charge is 2.22. The zero-order valence-electron chi connectivity index (χ0n) is 16.3. The lowest BCUT2D eigenvalue weighted by molar-refractivity contribution is 0.698. The quantitative estimate of drug-likeness (QED) is 0.399. The van der Waals surface area contributed by atoms with Gasteiger partial charge in [-0.1, -0.05) is 36.7 Å². The molecule has 7 heteroatoms. The van der Waals surface area contributed by atoms with Crippen LogP contribution in [0.25, 0.3) is 38.9 Å². The fourth-order valence-electron chi connectivity index (χ4n) is 3.79. The molecular weight excluding hydrogens is 398 g/mol. The van der Waals surface area contributed by atoms with Crippen LogP contribution >= 0.6 is 11.6 Å². The van der Waals surface area contributed by atoms with E-state index in [1.54, 1.807) is 10.6 Å². The van der Waals surface area contributed by atoms with Crippen molar-refractivity contribution in [2.24, 2.45) is 0 Å². The Bertz CT molecular complexity index is 1500. The van der Waals surface area contributed by atoms with Gasteiger partial charge in [-0.2, -0.15) is 0 Å². The van der Waals surface area contributed by atoms with Gasteiger partial charge in [0.25, 0.3) is 5.56 Å². The van der Waals surface area contributed by atoms with E-state index in [0.717, 1.165) is 16.7 Å². The highest BCUT2D eigenvalue weighted by atomic mass is 35.5. The van der Waals surface area contributed by atoms with Crippen LogP contribution < -0.4 is 5.56 Å². The van der Waals surface area contributed by atoms with Crippen molar-refractivity contribution < 1.29 is 0 Å². The van der Waals surface area contributed by atoms with Gasteiger partial charge in [0.05, 0.1) is 11.0 Å². The maximum Gasteiger partial charge on any atom is 0.265 e. The smallest absolute Gasteiger partial charge is 0.265 e. The van der Waals surface area contributed by atoms with Crippen LogP contribution in [-0.2, 0) is 13.0 Å². The van der Waals surface area contributed by atoms with E-state index in [1.165, 1.54) is 0 Å². The number of hydrogen-bond acceptors (Lipinski definition) is 4. The van der Waals surface area contributed by atoms with Gasteiger partial charge in [0.1, 0.15) is 16.7 Å². The molecule has 3 heterocycles. The molecule has 2 aromatic carbocycles. The summed E-state index contributed by atoms with van der Waals surface area (Å²) < 4.78 is 3.54. The molecule has 0 amide bonds. The Morgan fingerprint density at radius 2 is 1.70 bits per heavy atom. The molecule has 0 unspecified atom stereocenters. The van der Waals surface area contributed by atoms with Gasteiger partial charge in [0, 0.05) is 23.7 Å². The molecule has 0 aliphatic rings. The normalized spacial score (nSPS) is 11.5. The Balaban J connectivity index is 2.02. The second-order valence-corrected chi connectivity index (χ2v) is 7.42. The van der Waals surface area contributed by atoms with Gasteiger partial charge in [-0.25, -0.2) is 15.0 Å². The van der Waals surface area contributed by atoms with Gasteiger partial charge in [0.15, 0.2) is 11.3 Å². The lowest BCUT2D eigenvalue weighted by Crippen LogP contribution is -2.24. The molecule has 0 saturated heterocycles. The summed E-state index contributed by atoms with van der Waals surface area (Å²) in [4.78, 5) is 28.0. The lowest BCUT2D eigenvalue weighted by atomic mass is 10.3. The minimum Gasteiger partial charge on any atom is -0.292 e. The van der Waals surface area contributed by atoms with Crippen LogP contribution in [0.15, 0.2) is 66.0 Å². The van der Waals surface area contributed by atoms with Gasteiger partial charge in [-0.15, -0.1) is 6.58 Å². The summed E-state index contributed by atoms with van der Waals surface area (Å²) in [5.41, 5.74) is 3.84. The second-order valence-electron chi connectivity index (χ2n) is 6.98. The van der Waals surface area contributed by atoms with Crippen molar-refractivity contribution in [1.82, 2.24) is 24.1 Å². The van der Waals surface area contributed by atoms with Gasteiger partial charge in [-0.05, 0) is 36.4 Å². The number of hydrogen-bond donors (Lipinski definition) is 0. The van der Waals surface area contributed by atoms with Crippen molar-refractivity contribution in [3.05, 3.63) is 82.4 Å². The molecule has 5 rings (SSSR count). The van der Waals surface area contributed by atoms with Gasteiger partial charge in [0.2, 0.25) is 0 Å². The van der Waals surface area contributed by atoms with Crippen molar-refractivity contribution in [1.29, 1.82) is 0 Å².